The molecule has 0 N–H and O–H groups in total. The lowest BCUT2D eigenvalue weighted by atomic mass is 10.1. The predicted octanol–water partition coefficient (Wildman–Crippen LogP) is 2.60. The van der Waals surface area contributed by atoms with Crippen LogP contribution in [0.2, 0.25) is 0 Å². The summed E-state index contributed by atoms with van der Waals surface area (Å²) in [5, 5.41) is 0. The third-order valence-corrected chi connectivity index (χ3v) is 2.76. The predicted molar refractivity (Wildman–Crippen MR) is 47.7 cm³/mol. The maximum Gasteiger partial charge on any atom is 0.310 e. The first-order valence-corrected chi connectivity index (χ1v) is 4.60. The van der Waals surface area contributed by atoms with E-state index in [2.05, 4.69) is 0 Å². The fourth-order valence-corrected chi connectivity index (χ4v) is 1.81. The van der Waals surface area contributed by atoms with E-state index in [1.807, 2.05) is 0 Å². The highest BCUT2D eigenvalue weighted by molar-refractivity contribution is 5.78. The molecule has 0 bridgehead atoms. The lowest BCUT2D eigenvalue weighted by Crippen LogP contribution is -2.10. The summed E-state index contributed by atoms with van der Waals surface area (Å²) < 4.78 is 28.8. The van der Waals surface area contributed by atoms with E-state index >= 15 is 0 Å². The van der Waals surface area contributed by atoms with Crippen molar-refractivity contribution >= 4 is 5.97 Å². The maximum atomic E-state index is 12.0. The molecule has 0 radical (unpaired) electrons. The van der Waals surface area contributed by atoms with Crippen molar-refractivity contribution in [1.82, 2.24) is 0 Å². The zero-order chi connectivity index (χ0) is 10.9. The Morgan fingerprint density at radius 3 is 2.50 bits per heavy atom. The van der Waals surface area contributed by atoms with E-state index in [0.29, 0.717) is 6.61 Å². The zero-order valence-corrected chi connectivity index (χ0v) is 8.51. The number of rotatable bonds is 3. The van der Waals surface area contributed by atoms with Crippen LogP contribution in [0, 0.1) is 17.3 Å². The summed E-state index contributed by atoms with van der Waals surface area (Å²) in [5.74, 6) is -1.17. The molecule has 4 heteroatoms. The molecule has 0 heterocycles. The summed E-state index contributed by atoms with van der Waals surface area (Å²) in [6, 6.07) is 0. The molecule has 0 aromatic carbocycles. The third kappa shape index (κ3) is 1.94. The Kier molecular flexibility index (Phi) is 2.92. The van der Waals surface area contributed by atoms with Crippen molar-refractivity contribution in [3.8, 4) is 0 Å². The summed E-state index contributed by atoms with van der Waals surface area (Å²) in [4.78, 5) is 11.3. The average Bonchev–Trinajstić information content (AvgIpc) is 2.52. The first kappa shape index (κ1) is 11.1. The topological polar surface area (TPSA) is 26.3 Å². The van der Waals surface area contributed by atoms with E-state index in [9.17, 15) is 13.6 Å². The number of hydrogen-bond acceptors (Lipinski definition) is 2. The monoisotopic (exact) mass is 204 g/mol. The quantitative estimate of drug-likeness (QED) is 0.660. The van der Waals surface area contributed by atoms with E-state index in [1.54, 1.807) is 20.8 Å². The molecule has 14 heavy (non-hydrogen) atoms. The lowest BCUT2D eigenvalue weighted by molar-refractivity contribution is -0.145. The second-order valence-corrected chi connectivity index (χ2v) is 4.03. The van der Waals surface area contributed by atoms with Crippen LogP contribution in [-0.4, -0.2) is 12.6 Å². The summed E-state index contributed by atoms with van der Waals surface area (Å²) in [6.07, 6.45) is -0.878. The van der Waals surface area contributed by atoms with Crippen LogP contribution in [0.3, 0.4) is 0 Å². The lowest BCUT2D eigenvalue weighted by Gasteiger charge is -2.01. The Hall–Kier alpha value is -0.930. The zero-order valence-electron chi connectivity index (χ0n) is 8.51. The van der Waals surface area contributed by atoms with Crippen LogP contribution in [-0.2, 0) is 9.53 Å². The van der Waals surface area contributed by atoms with Crippen molar-refractivity contribution in [2.75, 3.05) is 6.61 Å². The Labute approximate surface area is 81.9 Å². The minimum atomic E-state index is -1.73. The maximum absolute atomic E-state index is 12.0. The molecule has 1 saturated carbocycles. The van der Waals surface area contributed by atoms with Crippen molar-refractivity contribution in [2.24, 2.45) is 17.3 Å². The average molecular weight is 204 g/mol. The SMILES string of the molecule is CCOC(=O)[C@H]1[C@H](C=C(F)F)C1(C)C. The standard InChI is InChI=1S/C10H14F2O2/c1-4-14-9(13)8-6(5-7(11)12)10(8,2)3/h5-6,8H,4H2,1-3H3/t6-,8+/m0/s1. The number of hydrogen-bond donors (Lipinski definition) is 0. The van der Waals surface area contributed by atoms with Crippen LogP contribution < -0.4 is 0 Å². The normalized spacial score (nSPS) is 28.1. The van der Waals surface area contributed by atoms with Crippen LogP contribution in [0.1, 0.15) is 20.8 Å². The number of allylic oxidation sites excluding steroid dienone is 1. The second-order valence-electron chi connectivity index (χ2n) is 4.03. The van der Waals surface area contributed by atoms with E-state index in [0.717, 1.165) is 6.08 Å². The first-order valence-electron chi connectivity index (χ1n) is 4.60. The van der Waals surface area contributed by atoms with Gasteiger partial charge in [-0.15, -0.1) is 0 Å². The Balaban J connectivity index is 2.66. The number of halogens is 2. The molecule has 1 fully saturated rings. The van der Waals surface area contributed by atoms with Crippen molar-refractivity contribution < 1.29 is 18.3 Å². The van der Waals surface area contributed by atoms with Crippen LogP contribution in [0.4, 0.5) is 8.78 Å². The van der Waals surface area contributed by atoms with Crippen molar-refractivity contribution in [1.29, 1.82) is 0 Å². The van der Waals surface area contributed by atoms with Gasteiger partial charge in [-0.05, 0) is 18.4 Å². The molecule has 80 valence electrons. The molecule has 2 atom stereocenters. The molecule has 0 aromatic rings. The highest BCUT2D eigenvalue weighted by Crippen LogP contribution is 2.59. The van der Waals surface area contributed by atoms with Gasteiger partial charge in [0.1, 0.15) is 0 Å². The van der Waals surface area contributed by atoms with Gasteiger partial charge in [0.15, 0.2) is 0 Å². The highest BCUT2D eigenvalue weighted by atomic mass is 19.3. The fourth-order valence-electron chi connectivity index (χ4n) is 1.81. The molecule has 2 nitrogen and oxygen atoms in total. The number of ether oxygens (including phenoxy) is 1. The molecule has 0 aliphatic heterocycles. The van der Waals surface area contributed by atoms with Gasteiger partial charge in [-0.1, -0.05) is 13.8 Å². The van der Waals surface area contributed by atoms with Gasteiger partial charge in [0.05, 0.1) is 12.5 Å². The van der Waals surface area contributed by atoms with Gasteiger partial charge >= 0.3 is 5.97 Å². The van der Waals surface area contributed by atoms with Gasteiger partial charge in [-0.3, -0.25) is 4.79 Å². The van der Waals surface area contributed by atoms with Crippen molar-refractivity contribution in [2.45, 2.75) is 20.8 Å². The smallest absolute Gasteiger partial charge is 0.310 e. The van der Waals surface area contributed by atoms with Gasteiger partial charge in [-0.25, -0.2) is 0 Å². The van der Waals surface area contributed by atoms with Gasteiger partial charge in [0.2, 0.25) is 0 Å². The molecule has 1 rings (SSSR count). The Morgan fingerprint density at radius 2 is 2.07 bits per heavy atom. The van der Waals surface area contributed by atoms with Gasteiger partial charge in [0, 0.05) is 5.92 Å². The van der Waals surface area contributed by atoms with Gasteiger partial charge in [-0.2, -0.15) is 8.78 Å². The van der Waals surface area contributed by atoms with E-state index in [-0.39, 0.29) is 11.9 Å². The summed E-state index contributed by atoms with van der Waals surface area (Å²) >= 11 is 0. The van der Waals surface area contributed by atoms with Gasteiger partial charge < -0.3 is 4.74 Å². The summed E-state index contributed by atoms with van der Waals surface area (Å²) in [6.45, 7) is 5.57. The number of carbonyl (C=O) groups excluding carboxylic acids is 1. The number of esters is 1. The molecule has 1 aliphatic rings. The third-order valence-electron chi connectivity index (χ3n) is 2.76. The Bertz CT molecular complexity index is 267. The summed E-state index contributed by atoms with van der Waals surface area (Å²) in [5.41, 5.74) is -0.393. The van der Waals surface area contributed by atoms with Crippen molar-refractivity contribution in [3.05, 3.63) is 12.2 Å². The fraction of sp³-hybridized carbons (Fsp3) is 0.700. The molecule has 0 saturated heterocycles. The Morgan fingerprint density at radius 1 is 1.50 bits per heavy atom. The van der Waals surface area contributed by atoms with E-state index < -0.39 is 17.4 Å². The van der Waals surface area contributed by atoms with Crippen molar-refractivity contribution in [3.63, 3.8) is 0 Å². The van der Waals surface area contributed by atoms with E-state index in [1.165, 1.54) is 0 Å². The molecule has 0 amide bonds. The first-order chi connectivity index (χ1) is 6.41. The molecule has 0 unspecified atom stereocenters. The van der Waals surface area contributed by atoms with Crippen LogP contribution in [0.15, 0.2) is 12.2 Å². The largest absolute Gasteiger partial charge is 0.466 e. The molecular formula is C10H14F2O2. The van der Waals surface area contributed by atoms with E-state index in [4.69, 9.17) is 4.74 Å². The molecule has 1 aliphatic carbocycles. The number of carbonyl (C=O) groups is 1. The molecule has 0 aromatic heterocycles. The molecular weight excluding hydrogens is 190 g/mol. The van der Waals surface area contributed by atoms with Crippen LogP contribution in [0.25, 0.3) is 0 Å². The minimum Gasteiger partial charge on any atom is -0.466 e. The summed E-state index contributed by atoms with van der Waals surface area (Å²) in [7, 11) is 0. The minimum absolute atomic E-state index is 0.292. The molecule has 0 spiro atoms. The highest BCUT2D eigenvalue weighted by Gasteiger charge is 2.61. The second kappa shape index (κ2) is 3.67. The van der Waals surface area contributed by atoms with Gasteiger partial charge in [0.25, 0.3) is 6.08 Å². The van der Waals surface area contributed by atoms with Crippen LogP contribution in [0.5, 0.6) is 0 Å². The van der Waals surface area contributed by atoms with Crippen LogP contribution >= 0.6 is 0 Å².